The Kier molecular flexibility index (Phi) is 5.65. The molecular formula is C16H18ClN3O3. The number of halogens is 1. The van der Waals surface area contributed by atoms with Crippen LogP contribution in [-0.2, 0) is 6.54 Å². The lowest BCUT2D eigenvalue weighted by molar-refractivity contribution is 0.220. The van der Waals surface area contributed by atoms with Gasteiger partial charge in [0.15, 0.2) is 0 Å². The Morgan fingerprint density at radius 1 is 1.22 bits per heavy atom. The third kappa shape index (κ3) is 4.26. The minimum absolute atomic E-state index is 0.274. The smallest absolute Gasteiger partial charge is 0.321 e. The summed E-state index contributed by atoms with van der Waals surface area (Å²) in [6.07, 6.45) is 3.38. The molecule has 0 atom stereocenters. The number of amides is 2. The van der Waals surface area contributed by atoms with Crippen molar-refractivity contribution in [3.05, 3.63) is 47.2 Å². The van der Waals surface area contributed by atoms with Crippen LogP contribution in [0.3, 0.4) is 0 Å². The Labute approximate surface area is 140 Å². The zero-order valence-electron chi connectivity index (χ0n) is 13.2. The van der Waals surface area contributed by atoms with Crippen LogP contribution in [0.4, 0.5) is 10.5 Å². The predicted octanol–water partition coefficient (Wildman–Crippen LogP) is 3.42. The summed E-state index contributed by atoms with van der Waals surface area (Å²) in [5, 5.41) is 3.20. The summed E-state index contributed by atoms with van der Waals surface area (Å²) in [7, 11) is 4.72. The topological polar surface area (TPSA) is 63.7 Å². The largest absolute Gasteiger partial charge is 0.495 e. The van der Waals surface area contributed by atoms with Crippen LogP contribution >= 0.6 is 11.6 Å². The number of urea groups is 1. The molecule has 1 N–H and O–H groups in total. The fraction of sp³-hybridized carbons (Fsp3) is 0.250. The highest BCUT2D eigenvalue weighted by Crippen LogP contribution is 2.35. The van der Waals surface area contributed by atoms with Gasteiger partial charge in [-0.3, -0.25) is 4.98 Å². The van der Waals surface area contributed by atoms with Gasteiger partial charge in [0.05, 0.1) is 24.9 Å². The summed E-state index contributed by atoms with van der Waals surface area (Å²) in [5.41, 5.74) is 1.47. The number of anilines is 1. The maximum Gasteiger partial charge on any atom is 0.321 e. The molecule has 6 nitrogen and oxygen atoms in total. The highest BCUT2D eigenvalue weighted by Gasteiger charge is 2.15. The molecule has 23 heavy (non-hydrogen) atoms. The van der Waals surface area contributed by atoms with Gasteiger partial charge in [0.1, 0.15) is 11.5 Å². The summed E-state index contributed by atoms with van der Waals surface area (Å²) < 4.78 is 10.4. The van der Waals surface area contributed by atoms with Gasteiger partial charge >= 0.3 is 6.03 Å². The van der Waals surface area contributed by atoms with E-state index in [1.54, 1.807) is 36.5 Å². The number of methoxy groups -OCH3 is 2. The third-order valence-corrected chi connectivity index (χ3v) is 3.53. The first-order valence-electron chi connectivity index (χ1n) is 6.87. The van der Waals surface area contributed by atoms with Crippen molar-refractivity contribution in [1.82, 2.24) is 9.88 Å². The van der Waals surface area contributed by atoms with E-state index in [0.717, 1.165) is 5.56 Å². The highest BCUT2D eigenvalue weighted by molar-refractivity contribution is 6.32. The predicted molar refractivity (Wildman–Crippen MR) is 89.3 cm³/mol. The monoisotopic (exact) mass is 335 g/mol. The van der Waals surface area contributed by atoms with Crippen molar-refractivity contribution in [3.8, 4) is 11.5 Å². The quantitative estimate of drug-likeness (QED) is 0.909. The molecule has 0 saturated heterocycles. The molecule has 2 aromatic rings. The van der Waals surface area contributed by atoms with Crippen molar-refractivity contribution in [1.29, 1.82) is 0 Å². The van der Waals surface area contributed by atoms with E-state index < -0.39 is 0 Å². The van der Waals surface area contributed by atoms with Gasteiger partial charge in [-0.05, 0) is 17.7 Å². The summed E-state index contributed by atoms with van der Waals surface area (Å²) in [6, 6.07) is 6.66. The first kappa shape index (κ1) is 16.9. The minimum Gasteiger partial charge on any atom is -0.495 e. The van der Waals surface area contributed by atoms with Crippen molar-refractivity contribution in [2.24, 2.45) is 0 Å². The lowest BCUT2D eigenvalue weighted by Crippen LogP contribution is -2.31. The van der Waals surface area contributed by atoms with Crippen LogP contribution in [0, 0.1) is 0 Å². The summed E-state index contributed by atoms with van der Waals surface area (Å²) in [6.45, 7) is 0.460. The van der Waals surface area contributed by atoms with E-state index in [2.05, 4.69) is 10.3 Å². The summed E-state index contributed by atoms with van der Waals surface area (Å²) in [5.74, 6) is 0.918. The molecule has 7 heteroatoms. The number of ether oxygens (including phenoxy) is 2. The van der Waals surface area contributed by atoms with Gasteiger partial charge in [-0.25, -0.2) is 4.79 Å². The molecule has 0 aliphatic rings. The molecule has 1 heterocycles. The van der Waals surface area contributed by atoms with E-state index in [9.17, 15) is 4.79 Å². The number of hydrogen-bond donors (Lipinski definition) is 1. The standard InChI is InChI=1S/C16H18ClN3O3/c1-20(10-11-4-6-18-7-5-11)16(21)19-13-9-14(22-2)12(17)8-15(13)23-3/h4-9H,10H2,1-3H3,(H,19,21). The van der Waals surface area contributed by atoms with E-state index in [-0.39, 0.29) is 6.03 Å². The van der Waals surface area contributed by atoms with E-state index >= 15 is 0 Å². The van der Waals surface area contributed by atoms with Crippen LogP contribution in [0.5, 0.6) is 11.5 Å². The molecule has 0 aliphatic carbocycles. The first-order valence-corrected chi connectivity index (χ1v) is 7.25. The van der Waals surface area contributed by atoms with Crippen molar-refractivity contribution in [2.75, 3.05) is 26.6 Å². The van der Waals surface area contributed by atoms with Gasteiger partial charge in [-0.15, -0.1) is 0 Å². The van der Waals surface area contributed by atoms with E-state index in [4.69, 9.17) is 21.1 Å². The third-order valence-electron chi connectivity index (χ3n) is 3.23. The first-order chi connectivity index (χ1) is 11.0. The van der Waals surface area contributed by atoms with Gasteiger partial charge in [0.25, 0.3) is 0 Å². The number of nitrogens with zero attached hydrogens (tertiary/aromatic N) is 2. The number of benzene rings is 1. The molecule has 2 amide bonds. The van der Waals surface area contributed by atoms with Crippen molar-refractivity contribution in [3.63, 3.8) is 0 Å². The van der Waals surface area contributed by atoms with Gasteiger partial charge in [0, 0.05) is 38.1 Å². The van der Waals surface area contributed by atoms with E-state index in [1.165, 1.54) is 14.2 Å². The lowest BCUT2D eigenvalue weighted by atomic mass is 10.2. The van der Waals surface area contributed by atoms with Crippen molar-refractivity contribution in [2.45, 2.75) is 6.54 Å². The van der Waals surface area contributed by atoms with Crippen LogP contribution in [0.2, 0.25) is 5.02 Å². The molecule has 1 aromatic heterocycles. The lowest BCUT2D eigenvalue weighted by Gasteiger charge is -2.19. The Morgan fingerprint density at radius 2 is 1.87 bits per heavy atom. The molecule has 2 rings (SSSR count). The van der Waals surface area contributed by atoms with Crippen LogP contribution in [-0.4, -0.2) is 37.2 Å². The Bertz CT molecular complexity index is 680. The van der Waals surface area contributed by atoms with E-state index in [0.29, 0.717) is 28.8 Å². The fourth-order valence-corrected chi connectivity index (χ4v) is 2.23. The molecule has 0 bridgehead atoms. The Hall–Kier alpha value is -2.47. The van der Waals surface area contributed by atoms with Gasteiger partial charge in [-0.1, -0.05) is 11.6 Å². The number of hydrogen-bond acceptors (Lipinski definition) is 4. The zero-order chi connectivity index (χ0) is 16.8. The molecule has 1 aromatic carbocycles. The summed E-state index contributed by atoms with van der Waals surface area (Å²) in [4.78, 5) is 17.8. The van der Waals surface area contributed by atoms with Crippen molar-refractivity contribution >= 4 is 23.3 Å². The molecule has 122 valence electrons. The SMILES string of the molecule is COc1cc(NC(=O)N(C)Cc2ccncc2)c(OC)cc1Cl. The minimum atomic E-state index is -0.274. The maximum absolute atomic E-state index is 12.3. The Morgan fingerprint density at radius 3 is 2.48 bits per heavy atom. The average Bonchev–Trinajstić information content (AvgIpc) is 2.56. The van der Waals surface area contributed by atoms with Gasteiger partial charge < -0.3 is 19.7 Å². The number of pyridine rings is 1. The number of aromatic nitrogens is 1. The number of carbonyl (C=O) groups is 1. The Balaban J connectivity index is 2.13. The van der Waals surface area contributed by atoms with Crippen LogP contribution in [0.25, 0.3) is 0 Å². The van der Waals surface area contributed by atoms with Gasteiger partial charge in [-0.2, -0.15) is 0 Å². The molecule has 0 fully saturated rings. The van der Waals surface area contributed by atoms with Crippen molar-refractivity contribution < 1.29 is 14.3 Å². The molecule has 0 spiro atoms. The second kappa shape index (κ2) is 7.69. The second-order valence-corrected chi connectivity index (χ2v) is 5.24. The normalized spacial score (nSPS) is 10.1. The maximum atomic E-state index is 12.3. The molecule has 0 saturated carbocycles. The van der Waals surface area contributed by atoms with Gasteiger partial charge in [0.2, 0.25) is 0 Å². The van der Waals surface area contributed by atoms with E-state index in [1.807, 2.05) is 12.1 Å². The van der Waals surface area contributed by atoms with Crippen LogP contribution < -0.4 is 14.8 Å². The zero-order valence-corrected chi connectivity index (χ0v) is 13.9. The summed E-state index contributed by atoms with van der Waals surface area (Å²) >= 11 is 6.05. The number of nitrogens with one attached hydrogen (secondary N) is 1. The number of carbonyl (C=O) groups excluding carboxylic acids is 1. The van der Waals surface area contributed by atoms with Crippen LogP contribution in [0.15, 0.2) is 36.7 Å². The molecule has 0 aliphatic heterocycles. The average molecular weight is 336 g/mol. The molecular weight excluding hydrogens is 318 g/mol. The number of rotatable bonds is 5. The fourth-order valence-electron chi connectivity index (χ4n) is 2.00. The molecule has 0 radical (unpaired) electrons. The molecule has 0 unspecified atom stereocenters. The second-order valence-electron chi connectivity index (χ2n) is 4.83. The highest BCUT2D eigenvalue weighted by atomic mass is 35.5. The van der Waals surface area contributed by atoms with Crippen LogP contribution in [0.1, 0.15) is 5.56 Å².